The Bertz CT molecular complexity index is 551. The van der Waals surface area contributed by atoms with Gasteiger partial charge in [-0.1, -0.05) is 0 Å². The van der Waals surface area contributed by atoms with Gasteiger partial charge in [0.2, 0.25) is 0 Å². The highest BCUT2D eigenvalue weighted by atomic mass is 19.4. The summed E-state index contributed by atoms with van der Waals surface area (Å²) in [5, 5.41) is 9.19. The molecule has 0 spiro atoms. The molecule has 0 aromatic rings. The molecule has 17 heteroatoms. The number of hydrogen-bond acceptors (Lipinski definition) is 4. The summed E-state index contributed by atoms with van der Waals surface area (Å²) < 4.78 is 182. The maximum absolute atomic E-state index is 13.5. The van der Waals surface area contributed by atoms with E-state index in [9.17, 15) is 62.2 Å². The highest BCUT2D eigenvalue weighted by Gasteiger charge is 2.90. The first-order valence-electron chi connectivity index (χ1n) is 7.99. The van der Waals surface area contributed by atoms with Gasteiger partial charge in [0, 0.05) is 13.5 Å². The van der Waals surface area contributed by atoms with Crippen LogP contribution >= 0.6 is 0 Å². The number of aliphatic hydroxyl groups is 1. The first-order valence-corrected chi connectivity index (χ1v) is 7.99. The molecule has 0 aliphatic carbocycles. The molecule has 0 radical (unpaired) electrons. The van der Waals surface area contributed by atoms with Crippen molar-refractivity contribution < 1.29 is 76.4 Å². The summed E-state index contributed by atoms with van der Waals surface area (Å²) >= 11 is 0. The molecule has 0 fully saturated rings. The number of ether oxygens (including phenoxy) is 3. The van der Waals surface area contributed by atoms with Gasteiger partial charge in [-0.25, -0.2) is 0 Å². The molecule has 0 rings (SSSR count). The molecule has 4 nitrogen and oxygen atoms in total. The van der Waals surface area contributed by atoms with Crippen LogP contribution < -0.4 is 0 Å². The smallest absolute Gasteiger partial charge is 0.390 e. The highest BCUT2D eigenvalue weighted by molar-refractivity contribution is 5.10. The first kappa shape index (κ1) is 29.9. The van der Waals surface area contributed by atoms with Crippen LogP contribution in [-0.2, 0) is 14.2 Å². The van der Waals surface area contributed by atoms with E-state index in [4.69, 9.17) is 4.74 Å². The molecule has 0 amide bonds. The van der Waals surface area contributed by atoms with E-state index < -0.39 is 61.5 Å². The van der Waals surface area contributed by atoms with E-state index in [1.807, 2.05) is 0 Å². The first-order chi connectivity index (χ1) is 13.7. The average Bonchev–Trinajstić information content (AvgIpc) is 2.58. The van der Waals surface area contributed by atoms with Crippen LogP contribution in [-0.4, -0.2) is 87.1 Å². The summed E-state index contributed by atoms with van der Waals surface area (Å²) in [5.41, 5.74) is 0. The van der Waals surface area contributed by atoms with Gasteiger partial charge in [-0.2, -0.15) is 57.1 Å². The van der Waals surface area contributed by atoms with Crippen molar-refractivity contribution in [1.82, 2.24) is 0 Å². The summed E-state index contributed by atoms with van der Waals surface area (Å²) in [4.78, 5) is 0. The van der Waals surface area contributed by atoms with Crippen molar-refractivity contribution in [2.45, 2.75) is 48.3 Å². The fourth-order valence-electron chi connectivity index (χ4n) is 1.87. The van der Waals surface area contributed by atoms with Gasteiger partial charge in [0.25, 0.3) is 0 Å². The van der Waals surface area contributed by atoms with Gasteiger partial charge in [0.05, 0.1) is 39.1 Å². The maximum atomic E-state index is 13.5. The van der Waals surface area contributed by atoms with Gasteiger partial charge in [0.1, 0.15) is 0 Å². The predicted molar refractivity (Wildman–Crippen MR) is 74.9 cm³/mol. The second-order valence-electron chi connectivity index (χ2n) is 6.04. The molecule has 0 aromatic heterocycles. The Morgan fingerprint density at radius 1 is 0.613 bits per heavy atom. The summed E-state index contributed by atoms with van der Waals surface area (Å²) in [6.07, 6.45) is -12.9. The van der Waals surface area contributed by atoms with Crippen molar-refractivity contribution >= 4 is 0 Å². The molecular formula is C14H17F13O4. The van der Waals surface area contributed by atoms with Gasteiger partial charge in [-0.05, 0) is 0 Å². The van der Waals surface area contributed by atoms with Crippen LogP contribution in [0.15, 0.2) is 0 Å². The Hall–Kier alpha value is -1.07. The number of rotatable bonds is 14. The third kappa shape index (κ3) is 6.25. The molecular weight excluding hydrogens is 479 g/mol. The van der Waals surface area contributed by atoms with E-state index >= 15 is 0 Å². The second kappa shape index (κ2) is 10.2. The van der Waals surface area contributed by atoms with E-state index in [2.05, 4.69) is 9.47 Å². The van der Waals surface area contributed by atoms with Gasteiger partial charge < -0.3 is 19.3 Å². The zero-order valence-corrected chi connectivity index (χ0v) is 15.4. The number of alkyl halides is 13. The molecule has 1 atom stereocenters. The number of halogens is 13. The topological polar surface area (TPSA) is 47.9 Å². The van der Waals surface area contributed by atoms with E-state index in [1.54, 1.807) is 0 Å². The minimum atomic E-state index is -7.97. The zero-order valence-electron chi connectivity index (χ0n) is 15.4. The van der Waals surface area contributed by atoms with Crippen LogP contribution in [0.4, 0.5) is 57.1 Å². The van der Waals surface area contributed by atoms with Crippen molar-refractivity contribution in [2.24, 2.45) is 0 Å². The fourth-order valence-corrected chi connectivity index (χ4v) is 1.87. The molecule has 31 heavy (non-hydrogen) atoms. The van der Waals surface area contributed by atoms with Crippen LogP contribution in [0.3, 0.4) is 0 Å². The Labute approximate surface area is 166 Å². The Balaban J connectivity index is 5.28. The van der Waals surface area contributed by atoms with Crippen LogP contribution in [0.5, 0.6) is 0 Å². The summed E-state index contributed by atoms with van der Waals surface area (Å²) in [5.74, 6) is -37.4. The molecule has 0 bridgehead atoms. The Morgan fingerprint density at radius 2 is 1.03 bits per heavy atom. The van der Waals surface area contributed by atoms with Gasteiger partial charge in [-0.3, -0.25) is 0 Å². The SMILES string of the molecule is COCCOCCOCC(O)CC(F)(F)C(F)(F)C(F)(F)C(F)(F)C(F)(F)C(F)(F)F. The predicted octanol–water partition coefficient (Wildman–Crippen LogP) is 4.16. The molecule has 0 heterocycles. The molecule has 0 aliphatic rings. The summed E-state index contributed by atoms with van der Waals surface area (Å²) in [7, 11) is 1.33. The highest BCUT2D eigenvalue weighted by Crippen LogP contribution is 2.60. The van der Waals surface area contributed by atoms with Gasteiger partial charge in [-0.15, -0.1) is 0 Å². The van der Waals surface area contributed by atoms with E-state index in [0.717, 1.165) is 0 Å². The van der Waals surface area contributed by atoms with Crippen LogP contribution in [0.25, 0.3) is 0 Å². The Kier molecular flexibility index (Phi) is 9.89. The molecule has 1 unspecified atom stereocenters. The molecule has 188 valence electrons. The van der Waals surface area contributed by atoms with Crippen LogP contribution in [0, 0.1) is 0 Å². The van der Waals surface area contributed by atoms with Crippen molar-refractivity contribution in [2.75, 3.05) is 40.1 Å². The van der Waals surface area contributed by atoms with E-state index in [0.29, 0.717) is 0 Å². The quantitative estimate of drug-likeness (QED) is 0.290. The molecule has 0 aliphatic heterocycles. The molecule has 0 saturated carbocycles. The largest absolute Gasteiger partial charge is 0.460 e. The molecule has 1 N–H and O–H groups in total. The van der Waals surface area contributed by atoms with Crippen LogP contribution in [0.1, 0.15) is 6.42 Å². The van der Waals surface area contributed by atoms with Crippen molar-refractivity contribution in [1.29, 1.82) is 0 Å². The van der Waals surface area contributed by atoms with Gasteiger partial charge in [0.15, 0.2) is 0 Å². The lowest BCUT2D eigenvalue weighted by atomic mass is 9.91. The Morgan fingerprint density at radius 3 is 1.48 bits per heavy atom. The number of hydrogen-bond donors (Lipinski definition) is 1. The zero-order chi connectivity index (χ0) is 24.9. The third-order valence-corrected chi connectivity index (χ3v) is 3.60. The van der Waals surface area contributed by atoms with Crippen LogP contribution in [0.2, 0.25) is 0 Å². The maximum Gasteiger partial charge on any atom is 0.460 e. The summed E-state index contributed by atoms with van der Waals surface area (Å²) in [6, 6.07) is 0. The summed E-state index contributed by atoms with van der Waals surface area (Å²) in [6.45, 7) is -1.69. The van der Waals surface area contributed by atoms with Crippen molar-refractivity contribution in [3.63, 3.8) is 0 Å². The fraction of sp³-hybridized carbons (Fsp3) is 1.00. The average molecular weight is 496 g/mol. The number of methoxy groups -OCH3 is 1. The van der Waals surface area contributed by atoms with Crippen molar-refractivity contribution in [3.8, 4) is 0 Å². The lowest BCUT2D eigenvalue weighted by Crippen LogP contribution is -2.70. The molecule has 0 saturated heterocycles. The minimum absolute atomic E-state index is 0.0541. The van der Waals surface area contributed by atoms with Crippen molar-refractivity contribution in [3.05, 3.63) is 0 Å². The van der Waals surface area contributed by atoms with E-state index in [-0.39, 0.29) is 19.8 Å². The minimum Gasteiger partial charge on any atom is -0.390 e. The lowest BCUT2D eigenvalue weighted by Gasteiger charge is -2.40. The lowest BCUT2D eigenvalue weighted by molar-refractivity contribution is -0.440. The second-order valence-corrected chi connectivity index (χ2v) is 6.04. The monoisotopic (exact) mass is 496 g/mol. The van der Waals surface area contributed by atoms with Gasteiger partial charge >= 0.3 is 35.8 Å². The number of aliphatic hydroxyl groups excluding tert-OH is 1. The standard InChI is InChI=1S/C14H17F13O4/c1-29-2-3-30-4-5-31-7-8(28)6-9(15,16)10(17,18)11(19,20)12(21,22)13(23,24)14(25,26)27/h8,28H,2-7H2,1H3. The normalized spacial score (nSPS) is 16.0. The molecule has 0 aromatic carbocycles. The van der Waals surface area contributed by atoms with E-state index in [1.165, 1.54) is 7.11 Å². The third-order valence-electron chi connectivity index (χ3n) is 3.60.